The Balaban J connectivity index is 1.78. The van der Waals surface area contributed by atoms with E-state index in [0.717, 1.165) is 31.7 Å². The molecule has 1 saturated heterocycles. The van der Waals surface area contributed by atoms with Gasteiger partial charge in [0.2, 0.25) is 5.91 Å². The lowest BCUT2D eigenvalue weighted by Gasteiger charge is -2.14. The van der Waals surface area contributed by atoms with Crippen LogP contribution in [0.25, 0.3) is 0 Å². The predicted octanol–water partition coefficient (Wildman–Crippen LogP) is 0.792. The molecular formula is C12H17N3O. The number of likely N-dealkylation sites (tertiary alicyclic amines) is 1. The summed E-state index contributed by atoms with van der Waals surface area (Å²) in [7, 11) is 0. The fourth-order valence-electron chi connectivity index (χ4n) is 1.96. The Hall–Kier alpha value is -1.42. The van der Waals surface area contributed by atoms with Crippen molar-refractivity contribution < 1.29 is 4.79 Å². The topological polar surface area (TPSA) is 45.2 Å². The van der Waals surface area contributed by atoms with E-state index in [-0.39, 0.29) is 5.91 Å². The molecule has 4 heteroatoms. The van der Waals surface area contributed by atoms with Gasteiger partial charge in [-0.1, -0.05) is 6.07 Å². The summed E-state index contributed by atoms with van der Waals surface area (Å²) < 4.78 is 0. The SMILES string of the molecule is CC(=O)N1CCC(NCc2ccccn2)C1. The lowest BCUT2D eigenvalue weighted by molar-refractivity contribution is -0.127. The van der Waals surface area contributed by atoms with E-state index in [9.17, 15) is 4.79 Å². The fourth-order valence-corrected chi connectivity index (χ4v) is 1.96. The van der Waals surface area contributed by atoms with Gasteiger partial charge in [-0.2, -0.15) is 0 Å². The van der Waals surface area contributed by atoms with E-state index in [4.69, 9.17) is 0 Å². The van der Waals surface area contributed by atoms with Crippen LogP contribution in [0.5, 0.6) is 0 Å². The summed E-state index contributed by atoms with van der Waals surface area (Å²) in [5.74, 6) is 0.169. The summed E-state index contributed by atoms with van der Waals surface area (Å²) in [5.41, 5.74) is 1.05. The third-order valence-electron chi connectivity index (χ3n) is 2.93. The first kappa shape index (κ1) is 11.1. The van der Waals surface area contributed by atoms with Gasteiger partial charge >= 0.3 is 0 Å². The van der Waals surface area contributed by atoms with Crippen LogP contribution in [-0.2, 0) is 11.3 Å². The van der Waals surface area contributed by atoms with Gasteiger partial charge < -0.3 is 10.2 Å². The second kappa shape index (κ2) is 5.07. The summed E-state index contributed by atoms with van der Waals surface area (Å²) in [5, 5.41) is 3.43. The van der Waals surface area contributed by atoms with Crippen molar-refractivity contribution in [3.05, 3.63) is 30.1 Å². The molecule has 2 rings (SSSR count). The van der Waals surface area contributed by atoms with Crippen LogP contribution in [0.1, 0.15) is 19.0 Å². The zero-order chi connectivity index (χ0) is 11.4. The van der Waals surface area contributed by atoms with Gasteiger partial charge in [0.1, 0.15) is 0 Å². The second-order valence-corrected chi connectivity index (χ2v) is 4.15. The van der Waals surface area contributed by atoms with Crippen molar-refractivity contribution in [2.24, 2.45) is 0 Å². The van der Waals surface area contributed by atoms with Gasteiger partial charge in [0, 0.05) is 38.8 Å². The molecule has 1 N–H and O–H groups in total. The number of aromatic nitrogens is 1. The van der Waals surface area contributed by atoms with Crippen LogP contribution in [0.15, 0.2) is 24.4 Å². The average Bonchev–Trinajstić information content (AvgIpc) is 2.76. The number of carbonyl (C=O) groups excluding carboxylic acids is 1. The molecule has 0 saturated carbocycles. The molecule has 86 valence electrons. The summed E-state index contributed by atoms with van der Waals surface area (Å²) in [6.07, 6.45) is 2.83. The number of nitrogens with one attached hydrogen (secondary N) is 1. The molecule has 0 radical (unpaired) electrons. The second-order valence-electron chi connectivity index (χ2n) is 4.15. The first-order valence-corrected chi connectivity index (χ1v) is 5.64. The van der Waals surface area contributed by atoms with Crippen LogP contribution in [-0.4, -0.2) is 34.9 Å². The number of carbonyl (C=O) groups is 1. The summed E-state index contributed by atoms with van der Waals surface area (Å²) in [6, 6.07) is 6.31. The highest BCUT2D eigenvalue weighted by Crippen LogP contribution is 2.09. The van der Waals surface area contributed by atoms with E-state index in [2.05, 4.69) is 10.3 Å². The Kier molecular flexibility index (Phi) is 3.51. The molecule has 16 heavy (non-hydrogen) atoms. The molecule has 1 unspecified atom stereocenters. The van der Waals surface area contributed by atoms with Crippen LogP contribution in [0, 0.1) is 0 Å². The average molecular weight is 219 g/mol. The molecule has 4 nitrogen and oxygen atoms in total. The largest absolute Gasteiger partial charge is 0.341 e. The Morgan fingerprint density at radius 2 is 2.50 bits per heavy atom. The molecule has 1 amide bonds. The van der Waals surface area contributed by atoms with E-state index in [0.29, 0.717) is 6.04 Å². The third kappa shape index (κ3) is 2.79. The minimum absolute atomic E-state index is 0.169. The van der Waals surface area contributed by atoms with Gasteiger partial charge in [0.05, 0.1) is 5.69 Å². The molecule has 0 aliphatic carbocycles. The molecular weight excluding hydrogens is 202 g/mol. The highest BCUT2D eigenvalue weighted by Gasteiger charge is 2.23. The van der Waals surface area contributed by atoms with Crippen molar-refractivity contribution in [1.82, 2.24) is 15.2 Å². The quantitative estimate of drug-likeness (QED) is 0.817. The molecule has 2 heterocycles. The molecule has 1 aromatic rings. The van der Waals surface area contributed by atoms with Crippen LogP contribution in [0.3, 0.4) is 0 Å². The van der Waals surface area contributed by atoms with Gasteiger partial charge in [-0.05, 0) is 18.6 Å². The molecule has 1 aromatic heterocycles. The predicted molar refractivity (Wildman–Crippen MR) is 61.7 cm³/mol. The van der Waals surface area contributed by atoms with Crippen LogP contribution < -0.4 is 5.32 Å². The third-order valence-corrected chi connectivity index (χ3v) is 2.93. The van der Waals surface area contributed by atoms with E-state index in [1.807, 2.05) is 23.1 Å². The Bertz CT molecular complexity index is 353. The number of rotatable bonds is 3. The van der Waals surface area contributed by atoms with E-state index in [1.165, 1.54) is 0 Å². The molecule has 0 bridgehead atoms. The maximum absolute atomic E-state index is 11.2. The molecule has 1 aliphatic rings. The summed E-state index contributed by atoms with van der Waals surface area (Å²) >= 11 is 0. The summed E-state index contributed by atoms with van der Waals surface area (Å²) in [4.78, 5) is 17.3. The number of hydrogen-bond acceptors (Lipinski definition) is 3. The fraction of sp³-hybridized carbons (Fsp3) is 0.500. The molecule has 1 atom stereocenters. The highest BCUT2D eigenvalue weighted by atomic mass is 16.2. The van der Waals surface area contributed by atoms with Gasteiger partial charge in [0.15, 0.2) is 0 Å². The lowest BCUT2D eigenvalue weighted by Crippen LogP contribution is -2.33. The molecule has 1 fully saturated rings. The zero-order valence-corrected chi connectivity index (χ0v) is 9.52. The van der Waals surface area contributed by atoms with Crippen LogP contribution in [0.4, 0.5) is 0 Å². The van der Waals surface area contributed by atoms with Crippen molar-refractivity contribution >= 4 is 5.91 Å². The first-order valence-electron chi connectivity index (χ1n) is 5.64. The number of pyridine rings is 1. The number of amides is 1. The normalized spacial score (nSPS) is 20.1. The Morgan fingerprint density at radius 1 is 1.62 bits per heavy atom. The number of hydrogen-bond donors (Lipinski definition) is 1. The molecule has 0 spiro atoms. The Morgan fingerprint density at radius 3 is 3.12 bits per heavy atom. The van der Waals surface area contributed by atoms with Crippen molar-refractivity contribution in [3.8, 4) is 0 Å². The van der Waals surface area contributed by atoms with Crippen molar-refractivity contribution in [2.45, 2.75) is 25.9 Å². The van der Waals surface area contributed by atoms with Crippen molar-refractivity contribution in [3.63, 3.8) is 0 Å². The minimum Gasteiger partial charge on any atom is -0.341 e. The standard InChI is InChI=1S/C12H17N3O/c1-10(16)15-7-5-12(9-15)14-8-11-4-2-3-6-13-11/h2-4,6,12,14H,5,7-9H2,1H3. The first-order chi connectivity index (χ1) is 7.75. The van der Waals surface area contributed by atoms with Crippen LogP contribution >= 0.6 is 0 Å². The molecule has 0 aromatic carbocycles. The van der Waals surface area contributed by atoms with Gasteiger partial charge in [-0.25, -0.2) is 0 Å². The van der Waals surface area contributed by atoms with Gasteiger partial charge in [-0.3, -0.25) is 9.78 Å². The van der Waals surface area contributed by atoms with E-state index in [1.54, 1.807) is 13.1 Å². The number of nitrogens with zero attached hydrogens (tertiary/aromatic N) is 2. The maximum atomic E-state index is 11.2. The van der Waals surface area contributed by atoms with Crippen molar-refractivity contribution in [2.75, 3.05) is 13.1 Å². The van der Waals surface area contributed by atoms with Gasteiger partial charge in [0.25, 0.3) is 0 Å². The molecule has 1 aliphatic heterocycles. The monoisotopic (exact) mass is 219 g/mol. The van der Waals surface area contributed by atoms with E-state index >= 15 is 0 Å². The zero-order valence-electron chi connectivity index (χ0n) is 9.52. The minimum atomic E-state index is 0.169. The lowest BCUT2D eigenvalue weighted by atomic mass is 10.2. The highest BCUT2D eigenvalue weighted by molar-refractivity contribution is 5.73. The Labute approximate surface area is 95.7 Å². The summed E-state index contributed by atoms with van der Waals surface area (Å²) in [6.45, 7) is 4.09. The van der Waals surface area contributed by atoms with Gasteiger partial charge in [-0.15, -0.1) is 0 Å². The van der Waals surface area contributed by atoms with Crippen LogP contribution in [0.2, 0.25) is 0 Å². The van der Waals surface area contributed by atoms with Crippen molar-refractivity contribution in [1.29, 1.82) is 0 Å². The smallest absolute Gasteiger partial charge is 0.219 e. The van der Waals surface area contributed by atoms with E-state index < -0.39 is 0 Å². The maximum Gasteiger partial charge on any atom is 0.219 e.